The van der Waals surface area contributed by atoms with E-state index in [1.807, 2.05) is 0 Å². The van der Waals surface area contributed by atoms with Gasteiger partial charge >= 0.3 is 12.4 Å². The highest BCUT2D eigenvalue weighted by molar-refractivity contribution is 5.85. The van der Waals surface area contributed by atoms with Gasteiger partial charge in [0.15, 0.2) is 6.29 Å². The number of hydrogen-bond acceptors (Lipinski definition) is 5. The van der Waals surface area contributed by atoms with Crippen molar-refractivity contribution in [2.24, 2.45) is 5.73 Å². The Morgan fingerprint density at radius 2 is 1.68 bits per heavy atom. The topological polar surface area (TPSA) is 76.8 Å². The Hall–Kier alpha value is -2.38. The van der Waals surface area contributed by atoms with Crippen LogP contribution >= 0.6 is 12.4 Å². The van der Waals surface area contributed by atoms with E-state index in [9.17, 15) is 31.1 Å². The van der Waals surface area contributed by atoms with E-state index in [4.69, 9.17) is 15.2 Å². The first-order valence-electron chi connectivity index (χ1n) is 11.3. The molecule has 0 radical (unpaired) electrons. The van der Waals surface area contributed by atoms with Crippen molar-refractivity contribution >= 4 is 18.3 Å². The van der Waals surface area contributed by atoms with Gasteiger partial charge in [0.05, 0.1) is 36.9 Å². The zero-order valence-electron chi connectivity index (χ0n) is 19.6. The summed E-state index contributed by atoms with van der Waals surface area (Å²) >= 11 is 0. The third kappa shape index (κ3) is 8.85. The smallest absolute Gasteiger partial charge is 0.355 e. The van der Waals surface area contributed by atoms with E-state index >= 15 is 0 Å². The molecule has 2 atom stereocenters. The number of benzene rings is 2. The molecule has 37 heavy (non-hydrogen) atoms. The minimum atomic E-state index is -4.96. The fourth-order valence-electron chi connectivity index (χ4n) is 3.87. The van der Waals surface area contributed by atoms with Crippen LogP contribution in [0.5, 0.6) is 0 Å². The quantitative estimate of drug-likeness (QED) is 0.351. The number of rotatable bonds is 9. The molecule has 1 aliphatic heterocycles. The second-order valence-electron chi connectivity index (χ2n) is 8.28. The average Bonchev–Trinajstić information content (AvgIpc) is 2.82. The van der Waals surface area contributed by atoms with Crippen LogP contribution in [0, 0.1) is 0 Å². The molecular formula is C24H28ClF6N3O3. The Morgan fingerprint density at radius 3 is 2.24 bits per heavy atom. The van der Waals surface area contributed by atoms with Crippen LogP contribution in [0.3, 0.4) is 0 Å². The van der Waals surface area contributed by atoms with Crippen molar-refractivity contribution in [3.63, 3.8) is 0 Å². The summed E-state index contributed by atoms with van der Waals surface area (Å²) < 4.78 is 90.7. The van der Waals surface area contributed by atoms with E-state index in [0.29, 0.717) is 38.2 Å². The van der Waals surface area contributed by atoms with Gasteiger partial charge in [-0.15, -0.1) is 12.4 Å². The van der Waals surface area contributed by atoms with Crippen molar-refractivity contribution in [1.29, 1.82) is 0 Å². The lowest BCUT2D eigenvalue weighted by Gasteiger charge is -2.40. The summed E-state index contributed by atoms with van der Waals surface area (Å²) in [5, 5.41) is 2.76. The van der Waals surface area contributed by atoms with Crippen LogP contribution in [-0.4, -0.2) is 49.9 Å². The molecule has 206 valence electrons. The van der Waals surface area contributed by atoms with Gasteiger partial charge in [-0.1, -0.05) is 30.3 Å². The van der Waals surface area contributed by atoms with E-state index in [1.54, 1.807) is 35.2 Å². The number of carbonyl (C=O) groups excluding carboxylic acids is 1. The van der Waals surface area contributed by atoms with Crippen LogP contribution in [0.1, 0.15) is 34.7 Å². The van der Waals surface area contributed by atoms with Gasteiger partial charge in [-0.3, -0.25) is 9.69 Å². The number of nitrogens with two attached hydrogens (primary N) is 1. The average molecular weight is 556 g/mol. The highest BCUT2D eigenvalue weighted by atomic mass is 35.5. The van der Waals surface area contributed by atoms with Crippen molar-refractivity contribution < 1.29 is 40.6 Å². The van der Waals surface area contributed by atoms with E-state index in [0.717, 1.165) is 5.56 Å². The molecule has 2 aromatic carbocycles. The minimum absolute atomic E-state index is 0. The third-order valence-corrected chi connectivity index (χ3v) is 5.56. The van der Waals surface area contributed by atoms with Crippen LogP contribution in [0.2, 0.25) is 0 Å². The zero-order chi connectivity index (χ0) is 26.3. The second kappa shape index (κ2) is 13.4. The van der Waals surface area contributed by atoms with Gasteiger partial charge in [-0.05, 0) is 42.3 Å². The van der Waals surface area contributed by atoms with Crippen molar-refractivity contribution in [2.75, 3.05) is 32.8 Å². The lowest BCUT2D eigenvalue weighted by atomic mass is 10.0. The highest BCUT2D eigenvalue weighted by Gasteiger charge is 2.38. The van der Waals surface area contributed by atoms with Gasteiger partial charge in [-0.2, -0.15) is 26.3 Å². The molecule has 3 N–H and O–H groups in total. The first kappa shape index (κ1) is 30.8. The van der Waals surface area contributed by atoms with Crippen LogP contribution in [0.4, 0.5) is 26.3 Å². The van der Waals surface area contributed by atoms with Crippen LogP contribution in [0.15, 0.2) is 48.5 Å². The first-order chi connectivity index (χ1) is 17.0. The van der Waals surface area contributed by atoms with E-state index in [2.05, 4.69) is 5.32 Å². The number of hydrogen-bond donors (Lipinski definition) is 2. The molecule has 6 nitrogen and oxygen atoms in total. The first-order valence-corrected chi connectivity index (χ1v) is 11.3. The molecule has 1 heterocycles. The molecule has 13 heteroatoms. The molecule has 0 aromatic heterocycles. The minimum Gasteiger partial charge on any atom is -0.355 e. The standard InChI is InChI=1S/C24H27F6N3O3.ClH/c25-23(26,27)18-11-16(12-19(13-18)24(28,29)30)15-36-22-21(17-5-2-1-3-6-17)33(9-10-35-22)14-20(34)32-8-4-7-31;/h1-3,5-6,11-13,21-22H,4,7-10,14-15,31H2,(H,32,34);1H/t21-,22+;/m0./s1. The Balaban J connectivity index is 0.00000481. The van der Waals surface area contributed by atoms with Gasteiger partial charge in [-0.25, -0.2) is 0 Å². The fraction of sp³-hybridized carbons (Fsp3) is 0.458. The van der Waals surface area contributed by atoms with Crippen molar-refractivity contribution in [2.45, 2.75) is 37.7 Å². The van der Waals surface area contributed by atoms with Crippen LogP contribution < -0.4 is 11.1 Å². The van der Waals surface area contributed by atoms with Gasteiger partial charge in [0.25, 0.3) is 0 Å². The number of morpholine rings is 1. The van der Waals surface area contributed by atoms with Gasteiger partial charge in [0, 0.05) is 13.1 Å². The molecular weight excluding hydrogens is 528 g/mol. The SMILES string of the molecule is Cl.NCCCNC(=O)CN1CCO[C@H](OCc2cc(C(F)(F)F)cc(C(F)(F)F)c2)[C@@H]1c1ccccc1. The summed E-state index contributed by atoms with van der Waals surface area (Å²) in [6.45, 7) is 0.789. The lowest BCUT2D eigenvalue weighted by Crippen LogP contribution is -2.50. The predicted molar refractivity (Wildman–Crippen MR) is 126 cm³/mol. The Morgan fingerprint density at radius 1 is 1.05 bits per heavy atom. The lowest BCUT2D eigenvalue weighted by molar-refractivity contribution is -0.216. The zero-order valence-corrected chi connectivity index (χ0v) is 20.5. The summed E-state index contributed by atoms with van der Waals surface area (Å²) in [5.41, 5.74) is 3.02. The summed E-state index contributed by atoms with van der Waals surface area (Å²) in [5.74, 6) is -0.252. The Bertz CT molecular complexity index is 975. The maximum absolute atomic E-state index is 13.2. The summed E-state index contributed by atoms with van der Waals surface area (Å²) in [4.78, 5) is 14.2. The van der Waals surface area contributed by atoms with Crippen molar-refractivity contribution in [3.8, 4) is 0 Å². The molecule has 0 saturated carbocycles. The van der Waals surface area contributed by atoms with Gasteiger partial charge in [0.2, 0.25) is 5.91 Å². The Labute approximate surface area is 216 Å². The van der Waals surface area contributed by atoms with Gasteiger partial charge in [0.1, 0.15) is 0 Å². The van der Waals surface area contributed by atoms with Crippen molar-refractivity contribution in [3.05, 3.63) is 70.8 Å². The monoisotopic (exact) mass is 555 g/mol. The number of alkyl halides is 6. The molecule has 3 rings (SSSR count). The molecule has 1 aliphatic rings. The van der Waals surface area contributed by atoms with E-state index < -0.39 is 42.4 Å². The van der Waals surface area contributed by atoms with Crippen molar-refractivity contribution in [1.82, 2.24) is 10.2 Å². The number of halogens is 7. The molecule has 1 amide bonds. The molecule has 0 unspecified atom stereocenters. The van der Waals surface area contributed by atoms with E-state index in [-0.39, 0.29) is 43.1 Å². The number of carbonyl (C=O) groups is 1. The maximum Gasteiger partial charge on any atom is 0.416 e. The summed E-state index contributed by atoms with van der Waals surface area (Å²) in [7, 11) is 0. The maximum atomic E-state index is 13.2. The van der Waals surface area contributed by atoms with E-state index in [1.165, 1.54) is 0 Å². The molecule has 1 saturated heterocycles. The summed E-state index contributed by atoms with van der Waals surface area (Å²) in [6, 6.07) is 9.57. The number of nitrogens with zero attached hydrogens (tertiary/aromatic N) is 1. The molecule has 0 bridgehead atoms. The largest absolute Gasteiger partial charge is 0.416 e. The third-order valence-electron chi connectivity index (χ3n) is 5.56. The highest BCUT2D eigenvalue weighted by Crippen LogP contribution is 2.37. The number of ether oxygens (including phenoxy) is 2. The molecule has 0 aliphatic carbocycles. The number of amides is 1. The van der Waals surface area contributed by atoms with Crippen LogP contribution in [0.25, 0.3) is 0 Å². The van der Waals surface area contributed by atoms with Gasteiger partial charge < -0.3 is 20.5 Å². The summed E-state index contributed by atoms with van der Waals surface area (Å²) in [6.07, 6.45) is -10.3. The number of nitrogens with one attached hydrogen (secondary N) is 1. The molecule has 0 spiro atoms. The second-order valence-corrected chi connectivity index (χ2v) is 8.28. The molecule has 2 aromatic rings. The Kier molecular flexibility index (Phi) is 11.2. The molecule has 1 fully saturated rings. The van der Waals surface area contributed by atoms with Crippen LogP contribution in [-0.2, 0) is 33.2 Å². The normalized spacial score (nSPS) is 18.8. The predicted octanol–water partition coefficient (Wildman–Crippen LogP) is 4.53. The fourth-order valence-corrected chi connectivity index (χ4v) is 3.87.